The molecule has 3 radical (unpaired) electrons. The van der Waals surface area contributed by atoms with Gasteiger partial charge in [-0.3, -0.25) is 0 Å². The lowest BCUT2D eigenvalue weighted by Gasteiger charge is -1.55. The van der Waals surface area contributed by atoms with E-state index in [9.17, 15) is 4.32 Å². The molecule has 4 heavy (non-hydrogen) atoms. The fourth-order valence-electron chi connectivity index (χ4n) is 0. The van der Waals surface area contributed by atoms with E-state index in [4.69, 9.17) is 1.34 Å². The molecule has 17 valence electrons. The van der Waals surface area contributed by atoms with Gasteiger partial charge in [0.15, 0.2) is 0 Å². The lowest BCUT2D eigenvalue weighted by molar-refractivity contribution is 0.893. The van der Waals surface area contributed by atoms with E-state index >= 15 is 0 Å². The summed E-state index contributed by atoms with van der Waals surface area (Å²) >= 11 is 0. The third-order valence-electron chi connectivity index (χ3n) is 0.0727. The minimum absolute atomic E-state index is 0.111. The zero-order valence-electron chi connectivity index (χ0n) is 3.11. The van der Waals surface area contributed by atoms with Crippen molar-refractivity contribution >= 4 is 22.2 Å². The van der Waals surface area contributed by atoms with E-state index < -0.39 is 7.02 Å². The summed E-state index contributed by atoms with van der Waals surface area (Å²) in [6, 6.07) is 0. The maximum atomic E-state index is 10.7. The highest BCUT2D eigenvalue weighted by atomic mass is 19.1. The van der Waals surface area contributed by atoms with Crippen molar-refractivity contribution in [3.05, 3.63) is 0 Å². The predicted octanol–water partition coefficient (Wildman–Crippen LogP) is -0.990. The SMILES string of the molecule is [2H]B([B])[B]F. The van der Waals surface area contributed by atoms with Gasteiger partial charge < -0.3 is 4.32 Å². The highest BCUT2D eigenvalue weighted by Gasteiger charge is 1.72. The van der Waals surface area contributed by atoms with Crippen LogP contribution in [0.1, 0.15) is 0 Å². The predicted molar refractivity (Wildman–Crippen MR) is 19.8 cm³/mol. The molecule has 0 saturated heterocycles. The molecule has 0 bridgehead atoms. The van der Waals surface area contributed by atoms with Crippen molar-refractivity contribution in [1.82, 2.24) is 0 Å². The van der Waals surface area contributed by atoms with Crippen LogP contribution in [0.2, 0.25) is 0 Å². The molecule has 0 nitrogen and oxygen atoms in total. The number of rotatable bonds is 1. The molecular formula is HB3F. The smallest absolute Gasteiger partial charge is 0.295 e. The van der Waals surface area contributed by atoms with Gasteiger partial charge in [0.05, 0.1) is 7.02 Å². The fourth-order valence-corrected chi connectivity index (χ4v) is 0. The first-order valence-electron chi connectivity index (χ1n) is 1.46. The summed E-state index contributed by atoms with van der Waals surface area (Å²) in [4.78, 5) is 0. The first-order chi connectivity index (χ1) is 2.27. The fraction of sp³-hybridized carbons (Fsp3) is 0. The molecular weight excluding hydrogens is 51.4 g/mol. The largest absolute Gasteiger partial charge is 0.355 e. The Hall–Kier alpha value is 0.125. The van der Waals surface area contributed by atoms with E-state index in [0.29, 0.717) is 0 Å². The average molecular weight is 53.4 g/mol. The Morgan fingerprint density at radius 2 is 2.75 bits per heavy atom. The van der Waals surface area contributed by atoms with Crippen molar-refractivity contribution in [3.63, 3.8) is 0 Å². The second kappa shape index (κ2) is 3.12. The molecule has 0 spiro atoms. The molecule has 0 unspecified atom stereocenters. The zero-order chi connectivity index (χ0) is 4.28. The molecule has 4 heteroatoms. The Bertz CT molecular complexity index is 20.9. The standard InChI is InChI=1S/B3FH/c1-2-3-4/h2H/i2D. The Morgan fingerprint density at radius 1 is 2.50 bits per heavy atom. The van der Waals surface area contributed by atoms with Gasteiger partial charge in [-0.1, -0.05) is 0 Å². The highest BCUT2D eigenvalue weighted by Crippen LogP contribution is 1.42. The number of hydrogen-bond donors (Lipinski definition) is 0. The topological polar surface area (TPSA) is 0 Å². The van der Waals surface area contributed by atoms with Crippen LogP contribution in [0.25, 0.3) is 0 Å². The van der Waals surface area contributed by atoms with Crippen LogP contribution < -0.4 is 0 Å². The zero-order valence-corrected chi connectivity index (χ0v) is 2.11. The van der Waals surface area contributed by atoms with Gasteiger partial charge in [-0.15, -0.1) is 0 Å². The third-order valence-corrected chi connectivity index (χ3v) is 0.0727. The first-order valence-corrected chi connectivity index (χ1v) is 0.885. The molecule has 0 aliphatic carbocycles. The van der Waals surface area contributed by atoms with Crippen LogP contribution in [0.5, 0.6) is 0 Å². The highest BCUT2D eigenvalue weighted by molar-refractivity contribution is 7.21. The molecule has 0 aromatic carbocycles. The molecule has 0 heterocycles. The van der Waals surface area contributed by atoms with Crippen molar-refractivity contribution in [3.8, 4) is 0 Å². The lowest BCUT2D eigenvalue weighted by atomic mass is 9.37. The molecule has 0 amide bonds. The normalized spacial score (nSPS) is 8.75. The van der Waals surface area contributed by atoms with Crippen LogP contribution in [0.15, 0.2) is 0 Å². The van der Waals surface area contributed by atoms with Crippen molar-refractivity contribution < 1.29 is 4.32 Å². The maximum Gasteiger partial charge on any atom is 0.295 e. The summed E-state index contributed by atoms with van der Waals surface area (Å²) in [5.74, 6) is 0. The second-order valence-corrected chi connectivity index (χ2v) is 0.318. The Kier molecular flexibility index (Phi) is 1.85. The van der Waals surface area contributed by atoms with E-state index in [1.165, 1.54) is 0 Å². The summed E-state index contributed by atoms with van der Waals surface area (Å²) in [5.41, 5.74) is 0. The molecule has 0 fully saturated rings. The van der Waals surface area contributed by atoms with Gasteiger partial charge >= 0.3 is 0 Å². The summed E-state index contributed by atoms with van der Waals surface area (Å²) < 4.78 is 16.9. The van der Waals surface area contributed by atoms with E-state index in [2.05, 4.69) is 7.74 Å². The minimum atomic E-state index is -1.16. The summed E-state index contributed by atoms with van der Waals surface area (Å²) in [7, 11) is 3.48. The van der Waals surface area contributed by atoms with Crippen molar-refractivity contribution in [2.24, 2.45) is 0 Å². The van der Waals surface area contributed by atoms with Crippen molar-refractivity contribution in [2.75, 3.05) is 0 Å². The Labute approximate surface area is 29.0 Å². The monoisotopic (exact) mass is 54.0 g/mol. The first kappa shape index (κ1) is 2.37. The average Bonchev–Trinajstić information content (AvgIpc) is 1.38. The lowest BCUT2D eigenvalue weighted by Crippen LogP contribution is -1.92. The number of hydrogen-bond acceptors (Lipinski definition) is 0. The quantitative estimate of drug-likeness (QED) is 0.337. The molecule has 0 saturated carbocycles. The molecule has 0 atom stereocenters. The third kappa shape index (κ3) is 2.12. The van der Waals surface area contributed by atoms with Gasteiger partial charge in [0.1, 0.15) is 0 Å². The van der Waals surface area contributed by atoms with Crippen LogP contribution in [-0.2, 0) is 0 Å². The Balaban J connectivity index is 2.54. The van der Waals surface area contributed by atoms with Gasteiger partial charge in [0.25, 0.3) is 7.45 Å². The molecule has 0 aromatic rings. The van der Waals surface area contributed by atoms with Gasteiger partial charge in [-0.25, -0.2) is 0 Å². The molecule has 0 aliphatic heterocycles. The van der Waals surface area contributed by atoms with Gasteiger partial charge in [-0.2, -0.15) is 0 Å². The summed E-state index contributed by atoms with van der Waals surface area (Å²) in [5, 5.41) is 0. The van der Waals surface area contributed by atoms with E-state index in [1.807, 2.05) is 0 Å². The van der Waals surface area contributed by atoms with Gasteiger partial charge in [-0.05, 0) is 1.34 Å². The summed E-state index contributed by atoms with van der Waals surface area (Å²) in [6.45, 7) is 0. The van der Waals surface area contributed by atoms with E-state index in [0.717, 1.165) is 0 Å². The van der Waals surface area contributed by atoms with Gasteiger partial charge in [0, 0.05) is 7.74 Å². The Morgan fingerprint density at radius 3 is 2.75 bits per heavy atom. The van der Waals surface area contributed by atoms with Gasteiger partial charge in [0.2, 0.25) is 0 Å². The summed E-state index contributed by atoms with van der Waals surface area (Å²) in [6.07, 6.45) is 0. The molecule has 0 aliphatic rings. The van der Waals surface area contributed by atoms with Crippen molar-refractivity contribution in [1.29, 1.82) is 1.34 Å². The van der Waals surface area contributed by atoms with Crippen LogP contribution in [0.4, 0.5) is 4.32 Å². The minimum Gasteiger partial charge on any atom is -0.355 e. The second-order valence-electron chi connectivity index (χ2n) is 0.318. The van der Waals surface area contributed by atoms with Crippen LogP contribution in [0.3, 0.4) is 0 Å². The van der Waals surface area contributed by atoms with Crippen LogP contribution in [0, 0.1) is 0 Å². The van der Waals surface area contributed by atoms with E-state index in [-0.39, 0.29) is 7.45 Å². The molecule has 0 aromatic heterocycles. The van der Waals surface area contributed by atoms with Crippen LogP contribution >= 0.6 is 0 Å². The van der Waals surface area contributed by atoms with E-state index in [1.54, 1.807) is 0 Å². The van der Waals surface area contributed by atoms with Crippen molar-refractivity contribution in [2.45, 2.75) is 0 Å². The molecule has 0 N–H and O–H groups in total. The molecule has 0 rings (SSSR count). The maximum absolute atomic E-state index is 10.7. The van der Waals surface area contributed by atoms with Crippen LogP contribution in [-0.4, -0.2) is 23.5 Å². The number of halogens is 1.